The number of nitrogens with zero attached hydrogens (tertiary/aromatic N) is 1. The summed E-state index contributed by atoms with van der Waals surface area (Å²) in [6, 6.07) is 7.05. The number of carbonyl (C=O) groups is 2. The van der Waals surface area contributed by atoms with Gasteiger partial charge in [0.05, 0.1) is 19.3 Å². The van der Waals surface area contributed by atoms with Crippen LogP contribution in [-0.2, 0) is 14.3 Å². The molecule has 0 N–H and O–H groups in total. The maximum atomic E-state index is 11.6. The minimum absolute atomic E-state index is 0.211. The first-order valence-corrected chi connectivity index (χ1v) is 4.85. The molecule has 1 heterocycles. The summed E-state index contributed by atoms with van der Waals surface area (Å²) in [6.07, 6.45) is 0. The molecule has 0 aliphatic carbocycles. The molecule has 0 bridgehead atoms. The van der Waals surface area contributed by atoms with Crippen molar-refractivity contribution in [1.29, 1.82) is 0 Å². The van der Waals surface area contributed by atoms with Crippen molar-refractivity contribution in [2.75, 3.05) is 25.2 Å². The zero-order valence-electron chi connectivity index (χ0n) is 8.80. The van der Waals surface area contributed by atoms with Gasteiger partial charge in [0.2, 0.25) is 0 Å². The van der Waals surface area contributed by atoms with Crippen molar-refractivity contribution in [2.24, 2.45) is 0 Å². The molecule has 2 rings (SSSR count). The molecular formula is C11H11NO4. The van der Waals surface area contributed by atoms with E-state index in [2.05, 4.69) is 4.74 Å². The average molecular weight is 221 g/mol. The van der Waals surface area contributed by atoms with Crippen LogP contribution in [0.5, 0.6) is 5.75 Å². The zero-order valence-corrected chi connectivity index (χ0v) is 8.80. The Bertz CT molecular complexity index is 430. The Morgan fingerprint density at radius 1 is 1.31 bits per heavy atom. The van der Waals surface area contributed by atoms with E-state index in [0.29, 0.717) is 18.0 Å². The van der Waals surface area contributed by atoms with Crippen LogP contribution in [0, 0.1) is 0 Å². The van der Waals surface area contributed by atoms with Crippen LogP contribution in [0.3, 0.4) is 0 Å². The van der Waals surface area contributed by atoms with E-state index >= 15 is 0 Å². The van der Waals surface area contributed by atoms with Gasteiger partial charge < -0.3 is 9.47 Å². The maximum absolute atomic E-state index is 11.6. The molecule has 0 atom stereocenters. The number of hydrogen-bond acceptors (Lipinski definition) is 4. The number of amides is 1. The normalized spacial score (nSPS) is 15.9. The number of esters is 1. The highest BCUT2D eigenvalue weighted by atomic mass is 16.5. The standard InChI is InChI=1S/C11H11NO4/c1-15-9-5-3-2-4-8(9)12-6-7-16-11(14)10(12)13/h2-5H,6-7H2,1H3. The van der Waals surface area contributed by atoms with Crippen molar-refractivity contribution in [3.63, 3.8) is 0 Å². The van der Waals surface area contributed by atoms with Crippen LogP contribution in [0.1, 0.15) is 0 Å². The van der Waals surface area contributed by atoms with Gasteiger partial charge in [-0.25, -0.2) is 4.79 Å². The molecule has 0 aromatic heterocycles. The lowest BCUT2D eigenvalue weighted by Gasteiger charge is -2.26. The lowest BCUT2D eigenvalue weighted by molar-refractivity contribution is -0.156. The number of rotatable bonds is 2. The van der Waals surface area contributed by atoms with E-state index in [4.69, 9.17) is 4.74 Å². The fraction of sp³-hybridized carbons (Fsp3) is 0.273. The van der Waals surface area contributed by atoms with Crippen LogP contribution >= 0.6 is 0 Å². The Labute approximate surface area is 92.6 Å². The van der Waals surface area contributed by atoms with Gasteiger partial charge in [0.25, 0.3) is 0 Å². The third-order valence-corrected chi connectivity index (χ3v) is 2.34. The first-order valence-electron chi connectivity index (χ1n) is 4.85. The average Bonchev–Trinajstić information content (AvgIpc) is 2.33. The van der Waals surface area contributed by atoms with E-state index in [1.165, 1.54) is 12.0 Å². The highest BCUT2D eigenvalue weighted by Gasteiger charge is 2.30. The van der Waals surface area contributed by atoms with Crippen LogP contribution in [0.4, 0.5) is 5.69 Å². The molecule has 1 aliphatic rings. The molecular weight excluding hydrogens is 210 g/mol. The van der Waals surface area contributed by atoms with Gasteiger partial charge in [-0.3, -0.25) is 9.69 Å². The minimum atomic E-state index is -0.822. The zero-order chi connectivity index (χ0) is 11.5. The molecule has 0 unspecified atom stereocenters. The number of morpholine rings is 1. The molecule has 1 aromatic carbocycles. The fourth-order valence-electron chi connectivity index (χ4n) is 1.59. The van der Waals surface area contributed by atoms with Crippen LogP contribution in [0.25, 0.3) is 0 Å². The quantitative estimate of drug-likeness (QED) is 0.541. The second kappa shape index (κ2) is 4.22. The summed E-state index contributed by atoms with van der Waals surface area (Å²) in [5.74, 6) is -0.918. The molecule has 5 nitrogen and oxygen atoms in total. The Morgan fingerprint density at radius 3 is 2.81 bits per heavy atom. The van der Waals surface area contributed by atoms with Gasteiger partial charge >= 0.3 is 11.9 Å². The highest BCUT2D eigenvalue weighted by molar-refractivity contribution is 6.38. The summed E-state index contributed by atoms with van der Waals surface area (Å²) < 4.78 is 9.78. The summed E-state index contributed by atoms with van der Waals surface area (Å²) in [5.41, 5.74) is 0.589. The van der Waals surface area contributed by atoms with E-state index in [-0.39, 0.29) is 6.61 Å². The van der Waals surface area contributed by atoms with E-state index in [0.717, 1.165) is 0 Å². The van der Waals surface area contributed by atoms with Crippen molar-refractivity contribution in [3.8, 4) is 5.75 Å². The number of ether oxygens (including phenoxy) is 2. The highest BCUT2D eigenvalue weighted by Crippen LogP contribution is 2.28. The summed E-state index contributed by atoms with van der Waals surface area (Å²) >= 11 is 0. The molecule has 84 valence electrons. The van der Waals surface area contributed by atoms with Crippen LogP contribution in [0.15, 0.2) is 24.3 Å². The van der Waals surface area contributed by atoms with Gasteiger partial charge in [-0.2, -0.15) is 0 Å². The molecule has 0 radical (unpaired) electrons. The summed E-state index contributed by atoms with van der Waals surface area (Å²) in [5, 5.41) is 0. The molecule has 0 saturated carbocycles. The summed E-state index contributed by atoms with van der Waals surface area (Å²) in [6.45, 7) is 0.563. The number of methoxy groups -OCH3 is 1. The van der Waals surface area contributed by atoms with Gasteiger partial charge in [-0.1, -0.05) is 12.1 Å². The van der Waals surface area contributed by atoms with E-state index in [1.807, 2.05) is 0 Å². The van der Waals surface area contributed by atoms with Gasteiger partial charge in [0.15, 0.2) is 0 Å². The number of para-hydroxylation sites is 2. The lowest BCUT2D eigenvalue weighted by Crippen LogP contribution is -2.45. The summed E-state index contributed by atoms with van der Waals surface area (Å²) in [7, 11) is 1.52. The number of benzene rings is 1. The van der Waals surface area contributed by atoms with E-state index in [9.17, 15) is 9.59 Å². The van der Waals surface area contributed by atoms with Gasteiger partial charge in [0, 0.05) is 0 Å². The Balaban J connectivity index is 2.35. The second-order valence-corrected chi connectivity index (χ2v) is 3.26. The molecule has 5 heteroatoms. The lowest BCUT2D eigenvalue weighted by atomic mass is 10.2. The van der Waals surface area contributed by atoms with Crippen LogP contribution < -0.4 is 9.64 Å². The Hall–Kier alpha value is -2.04. The van der Waals surface area contributed by atoms with Crippen LogP contribution in [-0.4, -0.2) is 32.1 Å². The van der Waals surface area contributed by atoms with Crippen LogP contribution in [0.2, 0.25) is 0 Å². The molecule has 1 saturated heterocycles. The molecule has 1 aromatic rings. The SMILES string of the molecule is COc1ccccc1N1CCOC(=O)C1=O. The largest absolute Gasteiger partial charge is 0.495 e. The minimum Gasteiger partial charge on any atom is -0.495 e. The Morgan fingerprint density at radius 2 is 2.06 bits per heavy atom. The van der Waals surface area contributed by atoms with Gasteiger partial charge in [0.1, 0.15) is 12.4 Å². The number of carbonyl (C=O) groups excluding carboxylic acids is 2. The topological polar surface area (TPSA) is 55.8 Å². The molecule has 1 aliphatic heterocycles. The number of cyclic esters (lactones) is 1. The molecule has 16 heavy (non-hydrogen) atoms. The second-order valence-electron chi connectivity index (χ2n) is 3.26. The van der Waals surface area contributed by atoms with Gasteiger partial charge in [-0.05, 0) is 12.1 Å². The van der Waals surface area contributed by atoms with Crippen molar-refractivity contribution in [2.45, 2.75) is 0 Å². The van der Waals surface area contributed by atoms with Crippen molar-refractivity contribution < 1.29 is 19.1 Å². The van der Waals surface area contributed by atoms with Crippen molar-refractivity contribution >= 4 is 17.6 Å². The van der Waals surface area contributed by atoms with Crippen molar-refractivity contribution in [1.82, 2.24) is 0 Å². The first-order chi connectivity index (χ1) is 7.74. The smallest absolute Gasteiger partial charge is 0.397 e. The van der Waals surface area contributed by atoms with Crippen molar-refractivity contribution in [3.05, 3.63) is 24.3 Å². The third-order valence-electron chi connectivity index (χ3n) is 2.34. The molecule has 0 spiro atoms. The van der Waals surface area contributed by atoms with E-state index in [1.54, 1.807) is 24.3 Å². The Kier molecular flexibility index (Phi) is 2.76. The monoisotopic (exact) mass is 221 g/mol. The third kappa shape index (κ3) is 1.71. The molecule has 1 amide bonds. The number of hydrogen-bond donors (Lipinski definition) is 0. The molecule has 1 fully saturated rings. The predicted molar refractivity (Wildman–Crippen MR) is 56.3 cm³/mol. The maximum Gasteiger partial charge on any atom is 0.397 e. The van der Waals surface area contributed by atoms with Gasteiger partial charge in [-0.15, -0.1) is 0 Å². The number of anilines is 1. The first kappa shape index (κ1) is 10.5. The predicted octanol–water partition coefficient (Wildman–Crippen LogP) is 0.585. The summed E-state index contributed by atoms with van der Waals surface area (Å²) in [4.78, 5) is 24.1. The van der Waals surface area contributed by atoms with E-state index < -0.39 is 11.9 Å². The fourth-order valence-corrected chi connectivity index (χ4v) is 1.59.